The van der Waals surface area contributed by atoms with Gasteiger partial charge >= 0.3 is 5.97 Å². The van der Waals surface area contributed by atoms with E-state index in [0.29, 0.717) is 12.4 Å². The number of carboxylic acids is 1. The molecule has 0 bridgehead atoms. The second-order valence-corrected chi connectivity index (χ2v) is 7.71. The first-order valence-corrected chi connectivity index (χ1v) is 9.82. The summed E-state index contributed by atoms with van der Waals surface area (Å²) in [6.45, 7) is 1.54. The molecule has 0 radical (unpaired) electrons. The lowest BCUT2D eigenvalue weighted by Gasteiger charge is -2.23. The number of nitrogens with zero attached hydrogens (tertiary/aromatic N) is 1. The summed E-state index contributed by atoms with van der Waals surface area (Å²) in [6, 6.07) is 18.5. The summed E-state index contributed by atoms with van der Waals surface area (Å²) in [6.07, 6.45) is 0. The van der Waals surface area contributed by atoms with Gasteiger partial charge in [0.1, 0.15) is 12.3 Å². The Balaban J connectivity index is 2.09. The van der Waals surface area contributed by atoms with Crippen LogP contribution in [0, 0.1) is 0 Å². The third-order valence-corrected chi connectivity index (χ3v) is 5.77. The number of fused-ring (bicyclic) bond motifs is 1. The predicted molar refractivity (Wildman–Crippen MR) is 104 cm³/mol. The van der Waals surface area contributed by atoms with Gasteiger partial charge < -0.3 is 9.84 Å². The fraction of sp³-hybridized carbons (Fsp3) is 0.150. The molecule has 0 fully saturated rings. The molecule has 27 heavy (non-hydrogen) atoms. The second kappa shape index (κ2) is 7.67. The number of carboxylic acid groups (broad SMARTS) is 1. The summed E-state index contributed by atoms with van der Waals surface area (Å²) >= 11 is 0. The largest absolute Gasteiger partial charge is 0.494 e. The average Bonchev–Trinajstić information content (AvgIpc) is 2.66. The predicted octanol–water partition coefficient (Wildman–Crippen LogP) is 3.52. The number of carbonyl (C=O) groups is 1. The molecule has 0 unspecified atom stereocenters. The van der Waals surface area contributed by atoms with Crippen molar-refractivity contribution in [2.75, 3.05) is 17.5 Å². The minimum Gasteiger partial charge on any atom is -0.494 e. The van der Waals surface area contributed by atoms with E-state index in [1.807, 2.05) is 31.2 Å². The normalized spacial score (nSPS) is 11.3. The highest BCUT2D eigenvalue weighted by molar-refractivity contribution is 7.92. The van der Waals surface area contributed by atoms with E-state index >= 15 is 0 Å². The summed E-state index contributed by atoms with van der Waals surface area (Å²) in [5.41, 5.74) is 0.233. The van der Waals surface area contributed by atoms with Gasteiger partial charge in [-0.15, -0.1) is 0 Å². The fourth-order valence-corrected chi connectivity index (χ4v) is 4.23. The Hall–Kier alpha value is -3.06. The van der Waals surface area contributed by atoms with E-state index in [1.165, 1.54) is 12.1 Å². The Bertz CT molecular complexity index is 1080. The number of ether oxygens (including phenoxy) is 1. The molecule has 0 aliphatic rings. The van der Waals surface area contributed by atoms with E-state index in [0.717, 1.165) is 15.1 Å². The highest BCUT2D eigenvalue weighted by atomic mass is 32.2. The zero-order valence-corrected chi connectivity index (χ0v) is 15.5. The third kappa shape index (κ3) is 4.03. The molecule has 0 spiro atoms. The smallest absolute Gasteiger partial charge is 0.324 e. The lowest BCUT2D eigenvalue weighted by Crippen LogP contribution is -2.35. The minimum absolute atomic E-state index is 0.0317. The van der Waals surface area contributed by atoms with Gasteiger partial charge in [-0.1, -0.05) is 36.4 Å². The Morgan fingerprint density at radius 2 is 1.74 bits per heavy atom. The quantitative estimate of drug-likeness (QED) is 0.673. The van der Waals surface area contributed by atoms with Gasteiger partial charge in [0.15, 0.2) is 0 Å². The highest BCUT2D eigenvalue weighted by Gasteiger charge is 2.27. The van der Waals surface area contributed by atoms with Crippen LogP contribution in [0.25, 0.3) is 10.8 Å². The van der Waals surface area contributed by atoms with Gasteiger partial charge in [-0.05, 0) is 42.0 Å². The first-order chi connectivity index (χ1) is 12.9. The Morgan fingerprint density at radius 1 is 1.00 bits per heavy atom. The third-order valence-electron chi connectivity index (χ3n) is 4.00. The van der Waals surface area contributed by atoms with E-state index in [2.05, 4.69) is 0 Å². The van der Waals surface area contributed by atoms with Gasteiger partial charge in [0.25, 0.3) is 10.0 Å². The van der Waals surface area contributed by atoms with E-state index < -0.39 is 22.5 Å². The van der Waals surface area contributed by atoms with Crippen molar-refractivity contribution in [3.8, 4) is 5.75 Å². The molecule has 3 aromatic rings. The number of benzene rings is 3. The summed E-state index contributed by atoms with van der Waals surface area (Å²) in [5, 5.41) is 10.9. The molecule has 0 aromatic heterocycles. The van der Waals surface area contributed by atoms with E-state index in [-0.39, 0.29) is 10.6 Å². The number of aliphatic carboxylic acids is 1. The number of sulfonamides is 1. The van der Waals surface area contributed by atoms with Gasteiger partial charge in [0.2, 0.25) is 0 Å². The monoisotopic (exact) mass is 385 g/mol. The van der Waals surface area contributed by atoms with Crippen molar-refractivity contribution in [2.45, 2.75) is 11.8 Å². The first-order valence-electron chi connectivity index (χ1n) is 8.38. The van der Waals surface area contributed by atoms with Crippen LogP contribution in [-0.2, 0) is 14.8 Å². The van der Waals surface area contributed by atoms with Crippen molar-refractivity contribution < 1.29 is 23.1 Å². The van der Waals surface area contributed by atoms with Gasteiger partial charge in [-0.25, -0.2) is 8.42 Å². The molecule has 140 valence electrons. The molecule has 7 heteroatoms. The van der Waals surface area contributed by atoms with Crippen LogP contribution in [0.15, 0.2) is 71.6 Å². The lowest BCUT2D eigenvalue weighted by molar-refractivity contribution is -0.135. The zero-order valence-electron chi connectivity index (χ0n) is 14.7. The van der Waals surface area contributed by atoms with Crippen LogP contribution < -0.4 is 9.04 Å². The maximum absolute atomic E-state index is 13.2. The standard InChI is InChI=1S/C20H19NO5S/c1-2-26-18-9-5-8-17(13-18)21(14-20(22)23)27(24,25)19-11-10-15-6-3-4-7-16(15)12-19/h3-13H,2,14H2,1H3,(H,22,23). The molecule has 0 saturated carbocycles. The summed E-state index contributed by atoms with van der Waals surface area (Å²) in [4.78, 5) is 11.4. The molecule has 0 atom stereocenters. The van der Waals surface area contributed by atoms with Crippen molar-refractivity contribution in [1.29, 1.82) is 0 Å². The first kappa shape index (κ1) is 18.7. The van der Waals surface area contributed by atoms with Gasteiger partial charge in [0, 0.05) is 6.07 Å². The van der Waals surface area contributed by atoms with Crippen molar-refractivity contribution in [2.24, 2.45) is 0 Å². The van der Waals surface area contributed by atoms with Crippen molar-refractivity contribution in [1.82, 2.24) is 0 Å². The topological polar surface area (TPSA) is 83.9 Å². The van der Waals surface area contributed by atoms with E-state index in [9.17, 15) is 18.3 Å². The summed E-state index contributed by atoms with van der Waals surface area (Å²) in [7, 11) is -4.08. The lowest BCUT2D eigenvalue weighted by atomic mass is 10.1. The van der Waals surface area contributed by atoms with Crippen LogP contribution in [0.5, 0.6) is 5.75 Å². The van der Waals surface area contributed by atoms with Crippen molar-refractivity contribution >= 4 is 32.5 Å². The molecule has 6 nitrogen and oxygen atoms in total. The molecule has 0 heterocycles. The molecular weight excluding hydrogens is 366 g/mol. The maximum atomic E-state index is 13.2. The summed E-state index contributed by atoms with van der Waals surface area (Å²) < 4.78 is 32.7. The Labute approximate surface area is 157 Å². The van der Waals surface area contributed by atoms with Crippen LogP contribution in [0.4, 0.5) is 5.69 Å². The molecule has 0 aliphatic heterocycles. The van der Waals surface area contributed by atoms with Crippen LogP contribution in [0.1, 0.15) is 6.92 Å². The fourth-order valence-electron chi connectivity index (χ4n) is 2.79. The second-order valence-electron chi connectivity index (χ2n) is 5.84. The van der Waals surface area contributed by atoms with E-state index in [4.69, 9.17) is 4.74 Å². The van der Waals surface area contributed by atoms with Crippen LogP contribution in [0.2, 0.25) is 0 Å². The molecule has 0 amide bonds. The van der Waals surface area contributed by atoms with Crippen LogP contribution >= 0.6 is 0 Å². The minimum atomic E-state index is -4.08. The number of hydrogen-bond donors (Lipinski definition) is 1. The SMILES string of the molecule is CCOc1cccc(N(CC(=O)O)S(=O)(=O)c2ccc3ccccc3c2)c1. The molecule has 1 N–H and O–H groups in total. The van der Waals surface area contributed by atoms with Crippen LogP contribution in [-0.4, -0.2) is 32.6 Å². The van der Waals surface area contributed by atoms with Crippen molar-refractivity contribution in [3.63, 3.8) is 0 Å². The average molecular weight is 385 g/mol. The molecular formula is C20H19NO5S. The number of rotatable bonds is 7. The molecule has 0 aliphatic carbocycles. The summed E-state index contributed by atoms with van der Waals surface area (Å²) in [5.74, 6) is -0.778. The number of hydrogen-bond acceptors (Lipinski definition) is 4. The van der Waals surface area contributed by atoms with Crippen molar-refractivity contribution in [3.05, 3.63) is 66.7 Å². The van der Waals surface area contributed by atoms with E-state index in [1.54, 1.807) is 30.3 Å². The molecule has 0 saturated heterocycles. The van der Waals surface area contributed by atoms with Gasteiger partial charge in [-0.3, -0.25) is 9.10 Å². The Kier molecular flexibility index (Phi) is 5.32. The Morgan fingerprint density at radius 3 is 2.44 bits per heavy atom. The van der Waals surface area contributed by atoms with Crippen LogP contribution in [0.3, 0.4) is 0 Å². The molecule has 3 rings (SSSR count). The maximum Gasteiger partial charge on any atom is 0.324 e. The highest BCUT2D eigenvalue weighted by Crippen LogP contribution is 2.28. The van der Waals surface area contributed by atoms with Gasteiger partial charge in [0.05, 0.1) is 17.2 Å². The number of anilines is 1. The zero-order chi connectivity index (χ0) is 19.4. The molecule has 3 aromatic carbocycles. The van der Waals surface area contributed by atoms with Gasteiger partial charge in [-0.2, -0.15) is 0 Å².